The van der Waals surface area contributed by atoms with Gasteiger partial charge in [-0.15, -0.1) is 11.3 Å². The molecule has 0 radical (unpaired) electrons. The van der Waals surface area contributed by atoms with E-state index in [0.717, 1.165) is 10.4 Å². The third-order valence-corrected chi connectivity index (χ3v) is 4.77. The number of nitrogens with zero attached hydrogens (tertiary/aromatic N) is 3. The largest absolute Gasteiger partial charge is 0.347 e. The Balaban J connectivity index is 2.20. The molecule has 2 aromatic rings. The fourth-order valence-electron chi connectivity index (χ4n) is 2.27. The van der Waals surface area contributed by atoms with Gasteiger partial charge in [0, 0.05) is 19.0 Å². The summed E-state index contributed by atoms with van der Waals surface area (Å²) in [6.07, 6.45) is 1.37. The minimum absolute atomic E-state index is 0.166. The first-order valence-corrected chi connectivity index (χ1v) is 7.99. The number of rotatable bonds is 4. The van der Waals surface area contributed by atoms with E-state index >= 15 is 0 Å². The van der Waals surface area contributed by atoms with Crippen molar-refractivity contribution in [3.05, 3.63) is 27.1 Å². The van der Waals surface area contributed by atoms with Crippen molar-refractivity contribution in [2.24, 2.45) is 0 Å². The van der Waals surface area contributed by atoms with Gasteiger partial charge in [-0.1, -0.05) is 0 Å². The number of aryl methyl sites for hydroxylation is 2. The highest BCUT2D eigenvalue weighted by Crippen LogP contribution is 2.25. The monoisotopic (exact) mass is 336 g/mol. The van der Waals surface area contributed by atoms with Crippen molar-refractivity contribution in [1.82, 2.24) is 19.8 Å². The minimum Gasteiger partial charge on any atom is -0.347 e. The molecule has 0 aromatic carbocycles. The van der Waals surface area contributed by atoms with E-state index in [1.54, 1.807) is 21.0 Å². The molecule has 0 saturated carbocycles. The van der Waals surface area contributed by atoms with E-state index in [0.29, 0.717) is 10.2 Å². The molecule has 2 aromatic heterocycles. The van der Waals surface area contributed by atoms with Gasteiger partial charge in [-0.3, -0.25) is 19.0 Å². The smallest absolute Gasteiger partial charge is 0.262 e. The summed E-state index contributed by atoms with van der Waals surface area (Å²) in [5.41, 5.74) is 0.659. The summed E-state index contributed by atoms with van der Waals surface area (Å²) < 4.78 is 1.27. The second-order valence-corrected chi connectivity index (χ2v) is 6.87. The van der Waals surface area contributed by atoms with Crippen LogP contribution in [0.5, 0.6) is 0 Å². The van der Waals surface area contributed by atoms with E-state index in [9.17, 15) is 14.4 Å². The van der Waals surface area contributed by atoms with Gasteiger partial charge in [0.05, 0.1) is 11.7 Å². The second kappa shape index (κ2) is 6.49. The molecule has 2 rings (SSSR count). The Morgan fingerprint density at radius 2 is 2.04 bits per heavy atom. The summed E-state index contributed by atoms with van der Waals surface area (Å²) in [7, 11) is 3.24. The van der Waals surface area contributed by atoms with Gasteiger partial charge >= 0.3 is 0 Å². The van der Waals surface area contributed by atoms with Crippen LogP contribution >= 0.6 is 11.3 Å². The van der Waals surface area contributed by atoms with Gasteiger partial charge in [-0.05, 0) is 26.3 Å². The van der Waals surface area contributed by atoms with E-state index < -0.39 is 11.9 Å². The van der Waals surface area contributed by atoms with E-state index in [1.165, 1.54) is 27.1 Å². The Bertz CT molecular complexity index is 822. The number of hydrogen-bond acceptors (Lipinski definition) is 5. The third kappa shape index (κ3) is 3.42. The van der Waals surface area contributed by atoms with E-state index in [4.69, 9.17) is 0 Å². The average molecular weight is 336 g/mol. The molecular weight excluding hydrogens is 316 g/mol. The first-order chi connectivity index (χ1) is 10.7. The van der Waals surface area contributed by atoms with Gasteiger partial charge in [-0.25, -0.2) is 4.98 Å². The van der Waals surface area contributed by atoms with Crippen molar-refractivity contribution in [2.75, 3.05) is 14.1 Å². The maximum absolute atomic E-state index is 12.5. The number of carbonyl (C=O) groups excluding carboxylic acids is 2. The second-order valence-electron chi connectivity index (χ2n) is 5.66. The standard InChI is InChI=1S/C15H20N4O3S/c1-8-10(3)23-13-12(8)15(22)19(7-16-13)6-11(20)17-9(2)14(21)18(4)5/h7,9H,6H2,1-5H3,(H,17,20). The SMILES string of the molecule is Cc1sc2ncn(CC(=O)NC(C)C(=O)N(C)C)c(=O)c2c1C. The molecule has 0 aliphatic carbocycles. The highest BCUT2D eigenvalue weighted by molar-refractivity contribution is 7.18. The Morgan fingerprint density at radius 3 is 2.65 bits per heavy atom. The predicted octanol–water partition coefficient (Wildman–Crippen LogP) is 0.668. The molecule has 1 atom stereocenters. The lowest BCUT2D eigenvalue weighted by Gasteiger charge is -2.18. The molecule has 124 valence electrons. The van der Waals surface area contributed by atoms with Crippen molar-refractivity contribution in [3.8, 4) is 0 Å². The first kappa shape index (κ1) is 17.1. The van der Waals surface area contributed by atoms with Gasteiger partial charge < -0.3 is 10.2 Å². The van der Waals surface area contributed by atoms with E-state index in [-0.39, 0.29) is 18.0 Å². The number of thiophene rings is 1. The van der Waals surface area contributed by atoms with Gasteiger partial charge in [0.25, 0.3) is 5.56 Å². The van der Waals surface area contributed by atoms with Crippen molar-refractivity contribution in [1.29, 1.82) is 0 Å². The maximum atomic E-state index is 12.5. The zero-order valence-electron chi connectivity index (χ0n) is 13.8. The van der Waals surface area contributed by atoms with Crippen molar-refractivity contribution in [2.45, 2.75) is 33.4 Å². The third-order valence-electron chi connectivity index (χ3n) is 3.66. The van der Waals surface area contributed by atoms with Crippen LogP contribution in [0, 0.1) is 13.8 Å². The molecule has 0 aliphatic rings. The predicted molar refractivity (Wildman–Crippen MR) is 89.7 cm³/mol. The van der Waals surface area contributed by atoms with Crippen LogP contribution in [0.4, 0.5) is 0 Å². The van der Waals surface area contributed by atoms with Gasteiger partial charge in [0.1, 0.15) is 17.4 Å². The molecule has 23 heavy (non-hydrogen) atoms. The molecule has 1 N–H and O–H groups in total. The van der Waals surface area contributed by atoms with Crippen LogP contribution in [0.2, 0.25) is 0 Å². The van der Waals surface area contributed by atoms with E-state index in [1.807, 2.05) is 13.8 Å². The van der Waals surface area contributed by atoms with Crippen LogP contribution in [0.15, 0.2) is 11.1 Å². The van der Waals surface area contributed by atoms with Crippen LogP contribution in [-0.2, 0) is 16.1 Å². The zero-order valence-corrected chi connectivity index (χ0v) is 14.7. The van der Waals surface area contributed by atoms with E-state index in [2.05, 4.69) is 10.3 Å². The molecule has 0 saturated heterocycles. The van der Waals surface area contributed by atoms with Crippen molar-refractivity contribution in [3.63, 3.8) is 0 Å². The average Bonchev–Trinajstić information content (AvgIpc) is 2.76. The topological polar surface area (TPSA) is 84.3 Å². The highest BCUT2D eigenvalue weighted by Gasteiger charge is 2.18. The van der Waals surface area contributed by atoms with Crippen LogP contribution in [0.3, 0.4) is 0 Å². The number of aromatic nitrogens is 2. The molecule has 8 heteroatoms. The molecule has 0 fully saturated rings. The Morgan fingerprint density at radius 1 is 1.39 bits per heavy atom. The maximum Gasteiger partial charge on any atom is 0.262 e. The lowest BCUT2D eigenvalue weighted by atomic mass is 10.2. The fraction of sp³-hybridized carbons (Fsp3) is 0.467. The Hall–Kier alpha value is -2.22. The molecule has 7 nitrogen and oxygen atoms in total. The summed E-state index contributed by atoms with van der Waals surface area (Å²) in [4.78, 5) is 43.7. The molecule has 0 spiro atoms. The fourth-order valence-corrected chi connectivity index (χ4v) is 3.26. The first-order valence-electron chi connectivity index (χ1n) is 7.18. The van der Waals surface area contributed by atoms with Gasteiger partial charge in [0.15, 0.2) is 0 Å². The summed E-state index contributed by atoms with van der Waals surface area (Å²) >= 11 is 1.46. The number of carbonyl (C=O) groups is 2. The van der Waals surface area contributed by atoms with Crippen LogP contribution in [-0.4, -0.2) is 46.4 Å². The summed E-state index contributed by atoms with van der Waals surface area (Å²) in [5.74, 6) is -0.607. The number of nitrogens with one attached hydrogen (secondary N) is 1. The van der Waals surface area contributed by atoms with Crippen LogP contribution in [0.25, 0.3) is 10.2 Å². The van der Waals surface area contributed by atoms with Crippen molar-refractivity contribution < 1.29 is 9.59 Å². The summed E-state index contributed by atoms with van der Waals surface area (Å²) in [6.45, 7) is 5.25. The number of fused-ring (bicyclic) bond motifs is 1. The minimum atomic E-state index is -0.643. The number of hydrogen-bond donors (Lipinski definition) is 1. The lowest BCUT2D eigenvalue weighted by Crippen LogP contribution is -2.45. The molecular formula is C15H20N4O3S. The van der Waals surface area contributed by atoms with Crippen molar-refractivity contribution >= 4 is 33.4 Å². The molecule has 0 aliphatic heterocycles. The van der Waals surface area contributed by atoms with Crippen LogP contribution < -0.4 is 10.9 Å². The summed E-state index contributed by atoms with van der Waals surface area (Å²) in [5, 5.41) is 3.15. The van der Waals surface area contributed by atoms with Crippen LogP contribution in [0.1, 0.15) is 17.4 Å². The lowest BCUT2D eigenvalue weighted by molar-refractivity contribution is -0.134. The normalized spacial score (nSPS) is 12.2. The highest BCUT2D eigenvalue weighted by atomic mass is 32.1. The Kier molecular flexibility index (Phi) is 4.84. The zero-order chi connectivity index (χ0) is 17.3. The quantitative estimate of drug-likeness (QED) is 0.889. The summed E-state index contributed by atoms with van der Waals surface area (Å²) in [6, 6.07) is -0.643. The number of amides is 2. The van der Waals surface area contributed by atoms with Gasteiger partial charge in [0.2, 0.25) is 11.8 Å². The number of likely N-dealkylation sites (N-methyl/N-ethyl adjacent to an activating group) is 1. The molecule has 2 heterocycles. The molecule has 2 amide bonds. The van der Waals surface area contributed by atoms with Gasteiger partial charge in [-0.2, -0.15) is 0 Å². The molecule has 0 bridgehead atoms. The Labute approximate surface area is 137 Å². The molecule has 1 unspecified atom stereocenters.